The summed E-state index contributed by atoms with van der Waals surface area (Å²) in [5, 5.41) is 0. The van der Waals surface area contributed by atoms with Crippen LogP contribution < -0.4 is 11.3 Å². The number of halogens is 1. The second-order valence-corrected chi connectivity index (χ2v) is 2.48. The van der Waals surface area contributed by atoms with Crippen molar-refractivity contribution in [1.82, 2.24) is 10.3 Å². The highest BCUT2D eigenvalue weighted by Gasteiger charge is 2.23. The van der Waals surface area contributed by atoms with E-state index in [1.54, 1.807) is 0 Å². The lowest BCUT2D eigenvalue weighted by atomic mass is 10.4. The number of hydrogen-bond donors (Lipinski definition) is 2. The molecule has 1 aliphatic rings. The summed E-state index contributed by atoms with van der Waals surface area (Å²) in [5.41, 5.74) is 1.91. The molecule has 0 saturated heterocycles. The summed E-state index contributed by atoms with van der Waals surface area (Å²) in [4.78, 5) is 33.5. The van der Waals surface area contributed by atoms with Crippen LogP contribution in [0.2, 0.25) is 0 Å². The zero-order chi connectivity index (χ0) is 9.84. The average molecular weight is 220 g/mol. The molecule has 3 amide bonds. The summed E-state index contributed by atoms with van der Waals surface area (Å²) in [6, 6.07) is 0. The predicted octanol–water partition coefficient (Wildman–Crippen LogP) is -1.29. The predicted molar refractivity (Wildman–Crippen MR) is 50.1 cm³/mol. The van der Waals surface area contributed by atoms with Crippen LogP contribution in [0, 0.1) is 0 Å². The molecule has 0 bridgehead atoms. The molecule has 7 heteroatoms. The van der Waals surface area contributed by atoms with Crippen molar-refractivity contribution < 1.29 is 14.4 Å². The van der Waals surface area contributed by atoms with Crippen LogP contribution in [-0.4, -0.2) is 29.2 Å². The number of nitrogens with two attached hydrogens (primary N) is 1. The van der Waals surface area contributed by atoms with E-state index in [9.17, 15) is 14.4 Å². The van der Waals surface area contributed by atoms with Gasteiger partial charge in [0, 0.05) is 25.1 Å². The first kappa shape index (κ1) is 12.6. The van der Waals surface area contributed by atoms with E-state index < -0.39 is 17.7 Å². The smallest absolute Gasteiger partial charge is 0.253 e. The van der Waals surface area contributed by atoms with E-state index in [1.165, 1.54) is 12.2 Å². The maximum atomic E-state index is 10.9. The quantitative estimate of drug-likeness (QED) is 0.267. The molecule has 78 valence electrons. The summed E-state index contributed by atoms with van der Waals surface area (Å²) in [6.45, 7) is 0.0632. The van der Waals surface area contributed by atoms with Crippen LogP contribution in [0.5, 0.6) is 0 Å². The van der Waals surface area contributed by atoms with Gasteiger partial charge in [0.2, 0.25) is 5.91 Å². The molecule has 6 nitrogen and oxygen atoms in total. The van der Waals surface area contributed by atoms with Crippen molar-refractivity contribution in [3.05, 3.63) is 12.2 Å². The van der Waals surface area contributed by atoms with Crippen molar-refractivity contribution in [3.63, 3.8) is 0 Å². The van der Waals surface area contributed by atoms with Gasteiger partial charge in [-0.15, -0.1) is 12.4 Å². The zero-order valence-corrected chi connectivity index (χ0v) is 8.04. The van der Waals surface area contributed by atoms with Crippen LogP contribution in [-0.2, 0) is 14.4 Å². The Morgan fingerprint density at radius 1 is 1.36 bits per heavy atom. The molecule has 0 aromatic carbocycles. The number of hydrogen-bond acceptors (Lipinski definition) is 4. The molecular weight excluding hydrogens is 210 g/mol. The summed E-state index contributed by atoms with van der Waals surface area (Å²) in [7, 11) is 0. The van der Waals surface area contributed by atoms with Crippen LogP contribution in [0.1, 0.15) is 6.42 Å². The molecule has 0 spiro atoms. The molecule has 0 unspecified atom stereocenters. The maximum absolute atomic E-state index is 10.9. The Labute approximate surface area is 86.5 Å². The van der Waals surface area contributed by atoms with E-state index in [-0.39, 0.29) is 25.4 Å². The van der Waals surface area contributed by atoms with E-state index in [0.717, 1.165) is 4.90 Å². The number of amides is 3. The number of rotatable bonds is 3. The molecule has 0 aromatic rings. The summed E-state index contributed by atoms with van der Waals surface area (Å²) < 4.78 is 0. The monoisotopic (exact) mass is 219 g/mol. The number of hydrazine groups is 1. The van der Waals surface area contributed by atoms with Crippen molar-refractivity contribution in [1.29, 1.82) is 0 Å². The lowest BCUT2D eigenvalue weighted by Gasteiger charge is -2.12. The Kier molecular flexibility index (Phi) is 4.82. The second kappa shape index (κ2) is 5.36. The van der Waals surface area contributed by atoms with Crippen LogP contribution in [0.4, 0.5) is 0 Å². The lowest BCUT2D eigenvalue weighted by molar-refractivity contribution is -0.137. The molecule has 0 aliphatic carbocycles. The van der Waals surface area contributed by atoms with Gasteiger partial charge in [-0.05, 0) is 0 Å². The highest BCUT2D eigenvalue weighted by Crippen LogP contribution is 2.03. The van der Waals surface area contributed by atoms with Gasteiger partial charge >= 0.3 is 0 Å². The maximum Gasteiger partial charge on any atom is 0.253 e. The minimum absolute atomic E-state index is 0. The van der Waals surface area contributed by atoms with Gasteiger partial charge < -0.3 is 0 Å². The van der Waals surface area contributed by atoms with Gasteiger partial charge in [0.25, 0.3) is 11.8 Å². The first-order valence-corrected chi connectivity index (χ1v) is 3.68. The summed E-state index contributed by atoms with van der Waals surface area (Å²) in [5.74, 6) is 3.63. The van der Waals surface area contributed by atoms with Crippen molar-refractivity contribution in [2.45, 2.75) is 6.42 Å². The number of carbonyl (C=O) groups excluding carboxylic acids is 3. The zero-order valence-electron chi connectivity index (χ0n) is 7.23. The Morgan fingerprint density at radius 3 is 2.29 bits per heavy atom. The van der Waals surface area contributed by atoms with Crippen molar-refractivity contribution in [2.24, 2.45) is 5.84 Å². The van der Waals surface area contributed by atoms with E-state index >= 15 is 0 Å². The van der Waals surface area contributed by atoms with E-state index in [4.69, 9.17) is 5.84 Å². The van der Waals surface area contributed by atoms with Crippen LogP contribution in [0.3, 0.4) is 0 Å². The molecule has 0 aromatic heterocycles. The number of imide groups is 1. The third-order valence-electron chi connectivity index (χ3n) is 1.62. The van der Waals surface area contributed by atoms with E-state index in [0.29, 0.717) is 0 Å². The Bertz CT molecular complexity index is 272. The summed E-state index contributed by atoms with van der Waals surface area (Å²) in [6.07, 6.45) is 2.36. The van der Waals surface area contributed by atoms with Gasteiger partial charge in [-0.25, -0.2) is 5.84 Å². The fourth-order valence-electron chi connectivity index (χ4n) is 0.937. The average Bonchev–Trinajstić information content (AvgIpc) is 2.43. The van der Waals surface area contributed by atoms with Crippen LogP contribution in [0.15, 0.2) is 12.2 Å². The summed E-state index contributed by atoms with van der Waals surface area (Å²) >= 11 is 0. The van der Waals surface area contributed by atoms with Crippen molar-refractivity contribution >= 4 is 30.1 Å². The number of carbonyl (C=O) groups is 3. The highest BCUT2D eigenvalue weighted by atomic mass is 35.5. The third kappa shape index (κ3) is 2.82. The largest absolute Gasteiger partial charge is 0.294 e. The van der Waals surface area contributed by atoms with Gasteiger partial charge in [-0.1, -0.05) is 0 Å². The molecule has 0 atom stereocenters. The van der Waals surface area contributed by atoms with E-state index in [2.05, 4.69) is 0 Å². The minimum Gasteiger partial charge on any atom is -0.294 e. The Balaban J connectivity index is 0.00000169. The van der Waals surface area contributed by atoms with Crippen LogP contribution >= 0.6 is 12.4 Å². The molecule has 3 N–H and O–H groups in total. The molecular formula is C7H10ClN3O3. The van der Waals surface area contributed by atoms with Crippen LogP contribution in [0.25, 0.3) is 0 Å². The van der Waals surface area contributed by atoms with Gasteiger partial charge in [0.05, 0.1) is 0 Å². The Morgan fingerprint density at radius 2 is 1.86 bits per heavy atom. The topological polar surface area (TPSA) is 92.5 Å². The molecule has 14 heavy (non-hydrogen) atoms. The van der Waals surface area contributed by atoms with Gasteiger partial charge in [-0.3, -0.25) is 24.7 Å². The first-order chi connectivity index (χ1) is 6.15. The molecule has 1 aliphatic heterocycles. The normalized spacial score (nSPS) is 14.2. The fourth-order valence-corrected chi connectivity index (χ4v) is 0.937. The van der Waals surface area contributed by atoms with Gasteiger partial charge in [0.1, 0.15) is 0 Å². The molecule has 0 radical (unpaired) electrons. The lowest BCUT2D eigenvalue weighted by Crippen LogP contribution is -2.36. The van der Waals surface area contributed by atoms with Gasteiger partial charge in [0.15, 0.2) is 0 Å². The molecule has 0 saturated carbocycles. The second-order valence-electron chi connectivity index (χ2n) is 2.48. The third-order valence-corrected chi connectivity index (χ3v) is 1.62. The van der Waals surface area contributed by atoms with Crippen molar-refractivity contribution in [2.75, 3.05) is 6.54 Å². The fraction of sp³-hybridized carbons (Fsp3) is 0.286. The van der Waals surface area contributed by atoms with E-state index in [1.807, 2.05) is 5.43 Å². The molecule has 0 fully saturated rings. The first-order valence-electron chi connectivity index (χ1n) is 3.68. The molecule has 1 rings (SSSR count). The van der Waals surface area contributed by atoms with Crippen molar-refractivity contribution in [3.8, 4) is 0 Å². The number of nitrogens with zero attached hydrogens (tertiary/aromatic N) is 1. The highest BCUT2D eigenvalue weighted by molar-refractivity contribution is 6.13. The van der Waals surface area contributed by atoms with Gasteiger partial charge in [-0.2, -0.15) is 0 Å². The number of nitrogens with one attached hydrogen (secondary N) is 1. The standard InChI is InChI=1S/C7H9N3O3.ClH/c8-9-5(11)3-4-10-6(12)1-2-7(10)13;/h1-2H,3-4,8H2,(H,9,11);1H. The SMILES string of the molecule is Cl.NNC(=O)CCN1C(=O)C=CC1=O. The minimum atomic E-state index is -0.410. The Hall–Kier alpha value is -1.40. The molecule has 1 heterocycles.